The highest BCUT2D eigenvalue weighted by Crippen LogP contribution is 2.18. The molecule has 6 nitrogen and oxygen atoms in total. The number of aliphatic imine (C=N–C) groups is 1. The van der Waals surface area contributed by atoms with Gasteiger partial charge in [0, 0.05) is 18.8 Å². The minimum atomic E-state index is -0.666. The largest absolute Gasteiger partial charge is 0.343 e. The van der Waals surface area contributed by atoms with E-state index in [1.807, 2.05) is 31.2 Å². The van der Waals surface area contributed by atoms with Gasteiger partial charge in [0.15, 0.2) is 0 Å². The molecule has 0 aliphatic carbocycles. The molecule has 0 spiro atoms. The highest BCUT2D eigenvalue weighted by molar-refractivity contribution is 6.06. The third kappa shape index (κ3) is 3.75. The number of piperidine rings is 1. The summed E-state index contributed by atoms with van der Waals surface area (Å²) in [5.41, 5.74) is 1.87. The SMILES string of the molecule is CCc1ccccc1NC(=O)C1CC(=O)NC(N2CCCCC2)=N1. The van der Waals surface area contributed by atoms with E-state index in [9.17, 15) is 9.59 Å². The number of rotatable bonds is 3. The van der Waals surface area contributed by atoms with Gasteiger partial charge in [0.2, 0.25) is 17.8 Å². The maximum atomic E-state index is 12.6. The van der Waals surface area contributed by atoms with Crippen molar-refractivity contribution in [1.82, 2.24) is 10.2 Å². The standard InChI is InChI=1S/C18H24N4O2/c1-2-13-8-4-5-9-14(13)19-17(24)15-12-16(23)21-18(20-15)22-10-6-3-7-11-22/h4-5,8-9,15H,2-3,6-7,10-12H2,1H3,(H,19,24)(H,20,21,23). The zero-order chi connectivity index (χ0) is 16.9. The van der Waals surface area contributed by atoms with Crippen molar-refractivity contribution in [2.75, 3.05) is 18.4 Å². The van der Waals surface area contributed by atoms with E-state index in [-0.39, 0.29) is 18.2 Å². The number of hydrogen-bond acceptors (Lipinski definition) is 4. The average molecular weight is 328 g/mol. The topological polar surface area (TPSA) is 73.8 Å². The lowest BCUT2D eigenvalue weighted by molar-refractivity contribution is -0.125. The molecule has 0 bridgehead atoms. The van der Waals surface area contributed by atoms with Gasteiger partial charge in [0.1, 0.15) is 6.04 Å². The van der Waals surface area contributed by atoms with Gasteiger partial charge >= 0.3 is 0 Å². The van der Waals surface area contributed by atoms with Crippen molar-refractivity contribution in [3.05, 3.63) is 29.8 Å². The van der Waals surface area contributed by atoms with Crippen molar-refractivity contribution >= 4 is 23.5 Å². The van der Waals surface area contributed by atoms with Gasteiger partial charge in [-0.3, -0.25) is 14.9 Å². The first-order valence-corrected chi connectivity index (χ1v) is 8.68. The molecule has 1 saturated heterocycles. The number of para-hydroxylation sites is 1. The number of carbonyl (C=O) groups is 2. The molecule has 0 aromatic heterocycles. The molecule has 1 unspecified atom stereocenters. The lowest BCUT2D eigenvalue weighted by atomic mass is 10.1. The molecule has 3 rings (SSSR count). The smallest absolute Gasteiger partial charge is 0.249 e. The van der Waals surface area contributed by atoms with Gasteiger partial charge in [-0.25, -0.2) is 4.99 Å². The van der Waals surface area contributed by atoms with E-state index in [1.165, 1.54) is 6.42 Å². The van der Waals surface area contributed by atoms with Crippen LogP contribution in [0, 0.1) is 0 Å². The van der Waals surface area contributed by atoms with Crippen LogP contribution < -0.4 is 10.6 Å². The molecule has 1 fully saturated rings. The van der Waals surface area contributed by atoms with Gasteiger partial charge in [-0.05, 0) is 37.3 Å². The molecule has 128 valence electrons. The first-order valence-electron chi connectivity index (χ1n) is 8.68. The zero-order valence-corrected chi connectivity index (χ0v) is 14.0. The van der Waals surface area contributed by atoms with Crippen LogP contribution in [0.25, 0.3) is 0 Å². The normalized spacial score (nSPS) is 21.0. The minimum Gasteiger partial charge on any atom is -0.343 e. The highest BCUT2D eigenvalue weighted by Gasteiger charge is 2.29. The molecule has 0 radical (unpaired) electrons. The number of carbonyl (C=O) groups excluding carboxylic acids is 2. The number of likely N-dealkylation sites (tertiary alicyclic amines) is 1. The Morgan fingerprint density at radius 1 is 1.29 bits per heavy atom. The summed E-state index contributed by atoms with van der Waals surface area (Å²) in [6.07, 6.45) is 4.32. The van der Waals surface area contributed by atoms with Crippen LogP contribution in [0.2, 0.25) is 0 Å². The van der Waals surface area contributed by atoms with E-state index >= 15 is 0 Å². The Hall–Kier alpha value is -2.37. The van der Waals surface area contributed by atoms with Gasteiger partial charge in [0.25, 0.3) is 0 Å². The monoisotopic (exact) mass is 328 g/mol. The second-order valence-electron chi connectivity index (χ2n) is 6.27. The fourth-order valence-electron chi connectivity index (χ4n) is 3.16. The lowest BCUT2D eigenvalue weighted by Gasteiger charge is -2.32. The Labute approximate surface area is 142 Å². The Balaban J connectivity index is 1.74. The molecule has 2 aliphatic rings. The second-order valence-corrected chi connectivity index (χ2v) is 6.27. The van der Waals surface area contributed by atoms with Crippen LogP contribution in [-0.4, -0.2) is 41.8 Å². The predicted molar refractivity (Wildman–Crippen MR) is 93.9 cm³/mol. The van der Waals surface area contributed by atoms with Gasteiger partial charge in [-0.1, -0.05) is 25.1 Å². The first kappa shape index (κ1) is 16.5. The van der Waals surface area contributed by atoms with E-state index in [1.54, 1.807) is 0 Å². The summed E-state index contributed by atoms with van der Waals surface area (Å²) in [4.78, 5) is 31.2. The van der Waals surface area contributed by atoms with Gasteiger partial charge < -0.3 is 10.2 Å². The molecule has 2 amide bonds. The summed E-state index contributed by atoms with van der Waals surface area (Å²) in [5.74, 6) is 0.185. The molecule has 2 aliphatic heterocycles. The van der Waals surface area contributed by atoms with Crippen LogP contribution >= 0.6 is 0 Å². The van der Waals surface area contributed by atoms with Crippen LogP contribution in [0.1, 0.15) is 38.2 Å². The molecule has 2 N–H and O–H groups in total. The van der Waals surface area contributed by atoms with Crippen molar-refractivity contribution in [3.8, 4) is 0 Å². The number of nitrogens with one attached hydrogen (secondary N) is 2. The predicted octanol–water partition coefficient (Wildman–Crippen LogP) is 1.92. The summed E-state index contributed by atoms with van der Waals surface area (Å²) in [6.45, 7) is 3.81. The van der Waals surface area contributed by atoms with Crippen LogP contribution in [0.4, 0.5) is 5.69 Å². The minimum absolute atomic E-state index is 0.0947. The molecule has 1 aromatic rings. The number of guanidine groups is 1. The molecule has 0 saturated carbocycles. The van der Waals surface area contributed by atoms with Crippen molar-refractivity contribution in [2.24, 2.45) is 4.99 Å². The number of benzene rings is 1. The summed E-state index contributed by atoms with van der Waals surface area (Å²) in [5, 5.41) is 5.74. The number of anilines is 1. The van der Waals surface area contributed by atoms with Crippen LogP contribution in [0.3, 0.4) is 0 Å². The van der Waals surface area contributed by atoms with Crippen molar-refractivity contribution in [2.45, 2.75) is 45.1 Å². The average Bonchev–Trinajstić information content (AvgIpc) is 2.62. The summed E-state index contributed by atoms with van der Waals surface area (Å²) >= 11 is 0. The Bertz CT molecular complexity index is 650. The number of amides is 2. The van der Waals surface area contributed by atoms with E-state index in [0.717, 1.165) is 43.6 Å². The summed E-state index contributed by atoms with van der Waals surface area (Å²) < 4.78 is 0. The third-order valence-electron chi connectivity index (χ3n) is 4.52. The van der Waals surface area contributed by atoms with Crippen LogP contribution in [0.15, 0.2) is 29.3 Å². The second kappa shape index (κ2) is 7.47. The third-order valence-corrected chi connectivity index (χ3v) is 4.52. The first-order chi connectivity index (χ1) is 11.7. The number of aryl methyl sites for hydroxylation is 1. The van der Waals surface area contributed by atoms with Crippen molar-refractivity contribution in [1.29, 1.82) is 0 Å². The number of nitrogens with zero attached hydrogens (tertiary/aromatic N) is 2. The van der Waals surface area contributed by atoms with Crippen molar-refractivity contribution in [3.63, 3.8) is 0 Å². The summed E-state index contributed by atoms with van der Waals surface area (Å²) in [6, 6.07) is 7.06. The molecule has 1 atom stereocenters. The zero-order valence-electron chi connectivity index (χ0n) is 14.0. The Morgan fingerprint density at radius 2 is 2.04 bits per heavy atom. The molecular formula is C18H24N4O2. The molecular weight excluding hydrogens is 304 g/mol. The van der Waals surface area contributed by atoms with E-state index in [2.05, 4.69) is 20.5 Å². The van der Waals surface area contributed by atoms with Crippen LogP contribution in [0.5, 0.6) is 0 Å². The molecule has 24 heavy (non-hydrogen) atoms. The van der Waals surface area contributed by atoms with E-state index in [4.69, 9.17) is 0 Å². The maximum absolute atomic E-state index is 12.6. The number of hydrogen-bond donors (Lipinski definition) is 2. The summed E-state index contributed by atoms with van der Waals surface area (Å²) in [7, 11) is 0. The van der Waals surface area contributed by atoms with Gasteiger partial charge in [-0.2, -0.15) is 0 Å². The molecule has 2 heterocycles. The quantitative estimate of drug-likeness (QED) is 0.890. The fraction of sp³-hybridized carbons (Fsp3) is 0.500. The van der Waals surface area contributed by atoms with E-state index < -0.39 is 6.04 Å². The fourth-order valence-corrected chi connectivity index (χ4v) is 3.16. The van der Waals surface area contributed by atoms with Gasteiger partial charge in [-0.15, -0.1) is 0 Å². The molecule has 1 aromatic carbocycles. The molecule has 6 heteroatoms. The Morgan fingerprint density at radius 3 is 2.79 bits per heavy atom. The maximum Gasteiger partial charge on any atom is 0.249 e. The Kier molecular flexibility index (Phi) is 5.13. The van der Waals surface area contributed by atoms with Crippen LogP contribution in [-0.2, 0) is 16.0 Å². The van der Waals surface area contributed by atoms with Gasteiger partial charge in [0.05, 0.1) is 6.42 Å². The van der Waals surface area contributed by atoms with Crippen molar-refractivity contribution < 1.29 is 9.59 Å². The highest BCUT2D eigenvalue weighted by atomic mass is 16.2. The lowest BCUT2D eigenvalue weighted by Crippen LogP contribution is -2.51. The van der Waals surface area contributed by atoms with E-state index in [0.29, 0.717) is 5.96 Å².